The molecule has 1 amide bonds. The van der Waals surface area contributed by atoms with E-state index in [0.717, 1.165) is 6.42 Å². The molecule has 4 nitrogen and oxygen atoms in total. The second-order valence-corrected chi connectivity index (χ2v) is 1.76. The fourth-order valence-corrected chi connectivity index (χ4v) is 0.434. The monoisotopic (exact) mass is 144 g/mol. The number of ether oxygens (including phenoxy) is 1. The van der Waals surface area contributed by atoms with Crippen molar-refractivity contribution in [1.29, 1.82) is 0 Å². The lowest BCUT2D eigenvalue weighted by molar-refractivity contribution is -0.121. The van der Waals surface area contributed by atoms with Gasteiger partial charge >= 0.3 is 0 Å². The molecule has 0 saturated heterocycles. The molecule has 0 unspecified atom stereocenters. The molecule has 0 aliphatic carbocycles. The van der Waals surface area contributed by atoms with Crippen LogP contribution in [0.5, 0.6) is 0 Å². The fourth-order valence-electron chi connectivity index (χ4n) is 0.434. The van der Waals surface area contributed by atoms with Crippen molar-refractivity contribution in [1.82, 2.24) is 5.43 Å². The lowest BCUT2D eigenvalue weighted by atomic mass is 10.3. The highest BCUT2D eigenvalue weighted by Gasteiger charge is 1.93. The first-order valence-electron chi connectivity index (χ1n) is 3.14. The summed E-state index contributed by atoms with van der Waals surface area (Å²) < 4.78 is 4.46. The van der Waals surface area contributed by atoms with Gasteiger partial charge in [0.2, 0.25) is 5.91 Å². The molecule has 10 heavy (non-hydrogen) atoms. The first-order chi connectivity index (χ1) is 4.81. The van der Waals surface area contributed by atoms with Gasteiger partial charge in [0.1, 0.15) is 0 Å². The van der Waals surface area contributed by atoms with Crippen LogP contribution < -0.4 is 5.43 Å². The van der Waals surface area contributed by atoms with Crippen molar-refractivity contribution in [3.8, 4) is 0 Å². The first-order valence-corrected chi connectivity index (χ1v) is 3.14. The van der Waals surface area contributed by atoms with E-state index >= 15 is 0 Å². The number of hydrazone groups is 1. The van der Waals surface area contributed by atoms with Crippen molar-refractivity contribution in [2.24, 2.45) is 5.10 Å². The zero-order valence-corrected chi connectivity index (χ0v) is 6.26. The Bertz CT molecular complexity index is 123. The van der Waals surface area contributed by atoms with E-state index in [9.17, 15) is 4.79 Å². The second-order valence-electron chi connectivity index (χ2n) is 1.76. The summed E-state index contributed by atoms with van der Waals surface area (Å²) in [5.41, 5.74) is 2.29. The van der Waals surface area contributed by atoms with Crippen LogP contribution in [0.3, 0.4) is 0 Å². The molecule has 1 N–H and O–H groups in total. The van der Waals surface area contributed by atoms with Crippen LogP contribution in [0, 0.1) is 0 Å². The Kier molecular flexibility index (Phi) is 5.42. The molecule has 0 bridgehead atoms. The van der Waals surface area contributed by atoms with Crippen molar-refractivity contribution >= 4 is 12.3 Å². The van der Waals surface area contributed by atoms with Crippen LogP contribution >= 0.6 is 0 Å². The summed E-state index contributed by atoms with van der Waals surface area (Å²) in [6.45, 7) is 1.93. The fraction of sp³-hybridized carbons (Fsp3) is 0.667. The van der Waals surface area contributed by atoms with Crippen LogP contribution in [0.4, 0.5) is 0 Å². The highest BCUT2D eigenvalue weighted by Crippen LogP contribution is 1.84. The molecule has 0 aromatic rings. The number of carbonyl (C=O) groups excluding carboxylic acids is 1. The van der Waals surface area contributed by atoms with Crippen LogP contribution in [0.2, 0.25) is 0 Å². The molecule has 0 radical (unpaired) electrons. The van der Waals surface area contributed by atoms with E-state index in [4.69, 9.17) is 0 Å². The van der Waals surface area contributed by atoms with Gasteiger partial charge in [0.05, 0.1) is 7.11 Å². The Hall–Kier alpha value is -1.06. The summed E-state index contributed by atoms with van der Waals surface area (Å²) in [7, 11) is 1.47. The van der Waals surface area contributed by atoms with Crippen LogP contribution in [-0.2, 0) is 9.53 Å². The van der Waals surface area contributed by atoms with Crippen LogP contribution in [-0.4, -0.2) is 19.4 Å². The zero-order valence-electron chi connectivity index (χ0n) is 6.26. The number of rotatable bonds is 4. The number of hydrogen-bond donors (Lipinski definition) is 1. The van der Waals surface area contributed by atoms with Gasteiger partial charge in [-0.05, 0) is 6.42 Å². The number of amides is 1. The van der Waals surface area contributed by atoms with Gasteiger partial charge in [0.15, 0.2) is 6.40 Å². The molecule has 0 fully saturated rings. The lowest BCUT2D eigenvalue weighted by Gasteiger charge is -1.94. The summed E-state index contributed by atoms with van der Waals surface area (Å²) in [5, 5.41) is 3.46. The summed E-state index contributed by atoms with van der Waals surface area (Å²) in [5.74, 6) is -0.0872. The van der Waals surface area contributed by atoms with Gasteiger partial charge in [0, 0.05) is 6.42 Å². The highest BCUT2D eigenvalue weighted by atomic mass is 16.5. The van der Waals surface area contributed by atoms with Crippen molar-refractivity contribution < 1.29 is 9.53 Å². The maximum absolute atomic E-state index is 10.6. The van der Waals surface area contributed by atoms with E-state index < -0.39 is 0 Å². The Labute approximate surface area is 60.3 Å². The van der Waals surface area contributed by atoms with Gasteiger partial charge in [-0.25, -0.2) is 5.43 Å². The van der Waals surface area contributed by atoms with Crippen molar-refractivity contribution in [3.05, 3.63) is 0 Å². The molecule has 0 saturated carbocycles. The van der Waals surface area contributed by atoms with Gasteiger partial charge in [-0.2, -0.15) is 0 Å². The highest BCUT2D eigenvalue weighted by molar-refractivity contribution is 5.76. The van der Waals surface area contributed by atoms with Crippen molar-refractivity contribution in [3.63, 3.8) is 0 Å². The first kappa shape index (κ1) is 8.94. The minimum atomic E-state index is -0.0872. The van der Waals surface area contributed by atoms with Gasteiger partial charge in [-0.3, -0.25) is 4.79 Å². The van der Waals surface area contributed by atoms with Crippen LogP contribution in [0.15, 0.2) is 5.10 Å². The Balaban J connectivity index is 3.30. The number of nitrogens with zero attached hydrogens (tertiary/aromatic N) is 1. The SMILES string of the molecule is CCCC(=O)NN=COC. The predicted molar refractivity (Wildman–Crippen MR) is 38.6 cm³/mol. The third-order valence-electron chi connectivity index (χ3n) is 0.824. The smallest absolute Gasteiger partial charge is 0.240 e. The third kappa shape index (κ3) is 5.08. The summed E-state index contributed by atoms with van der Waals surface area (Å²) in [4.78, 5) is 10.6. The Morgan fingerprint density at radius 2 is 2.50 bits per heavy atom. The summed E-state index contributed by atoms with van der Waals surface area (Å²) >= 11 is 0. The molecular formula is C6H12N2O2. The van der Waals surface area contributed by atoms with Crippen LogP contribution in [0.1, 0.15) is 19.8 Å². The average Bonchev–Trinajstić information content (AvgIpc) is 1.89. The number of carbonyl (C=O) groups is 1. The number of hydrogen-bond acceptors (Lipinski definition) is 3. The molecule has 4 heteroatoms. The second kappa shape index (κ2) is 6.07. The van der Waals surface area contributed by atoms with Crippen molar-refractivity contribution in [2.75, 3.05) is 7.11 Å². The normalized spacial score (nSPS) is 9.80. The summed E-state index contributed by atoms with van der Waals surface area (Å²) in [6.07, 6.45) is 2.50. The van der Waals surface area contributed by atoms with E-state index in [-0.39, 0.29) is 5.91 Å². The molecule has 0 aliphatic rings. The topological polar surface area (TPSA) is 50.7 Å². The molecule has 58 valence electrons. The third-order valence-corrected chi connectivity index (χ3v) is 0.824. The molecule has 0 aromatic heterocycles. The maximum atomic E-state index is 10.6. The van der Waals surface area contributed by atoms with Gasteiger partial charge in [-0.15, -0.1) is 5.10 Å². The van der Waals surface area contributed by atoms with Gasteiger partial charge in [0.25, 0.3) is 0 Å². The van der Waals surface area contributed by atoms with Gasteiger partial charge < -0.3 is 4.74 Å². The molecule has 0 spiro atoms. The molecule has 0 rings (SSSR count). The minimum absolute atomic E-state index is 0.0872. The molecular weight excluding hydrogens is 132 g/mol. The molecule has 0 aliphatic heterocycles. The molecule has 0 atom stereocenters. The maximum Gasteiger partial charge on any atom is 0.240 e. The van der Waals surface area contributed by atoms with E-state index in [1.807, 2.05) is 6.92 Å². The largest absolute Gasteiger partial charge is 0.485 e. The standard InChI is InChI=1S/C6H12N2O2/c1-3-4-6(9)8-7-5-10-2/h5H,3-4H2,1-2H3,(H,8,9). The van der Waals surface area contributed by atoms with Gasteiger partial charge in [-0.1, -0.05) is 6.92 Å². The summed E-state index contributed by atoms with van der Waals surface area (Å²) in [6, 6.07) is 0. The van der Waals surface area contributed by atoms with Crippen molar-refractivity contribution in [2.45, 2.75) is 19.8 Å². The van der Waals surface area contributed by atoms with E-state index in [0.29, 0.717) is 6.42 Å². The molecule has 0 heterocycles. The number of nitrogens with one attached hydrogen (secondary N) is 1. The zero-order chi connectivity index (χ0) is 7.82. The van der Waals surface area contributed by atoms with E-state index in [1.165, 1.54) is 13.5 Å². The molecule has 0 aromatic carbocycles. The minimum Gasteiger partial charge on any atom is -0.485 e. The van der Waals surface area contributed by atoms with E-state index in [1.54, 1.807) is 0 Å². The predicted octanol–water partition coefficient (Wildman–Crippen LogP) is 0.492. The lowest BCUT2D eigenvalue weighted by Crippen LogP contribution is -2.16. The average molecular weight is 144 g/mol. The Morgan fingerprint density at radius 1 is 1.80 bits per heavy atom. The number of methoxy groups -OCH3 is 1. The van der Waals surface area contributed by atoms with Crippen LogP contribution in [0.25, 0.3) is 0 Å². The Morgan fingerprint density at radius 3 is 3.00 bits per heavy atom. The quantitative estimate of drug-likeness (QED) is 0.354. The van der Waals surface area contributed by atoms with E-state index in [2.05, 4.69) is 15.3 Å².